The first-order chi connectivity index (χ1) is 40.0. The molecule has 0 saturated carbocycles. The summed E-state index contributed by atoms with van der Waals surface area (Å²) in [6.07, 6.45) is 92.9. The highest BCUT2D eigenvalue weighted by atomic mass is 16.6. The molecule has 6 heteroatoms. The number of unbranched alkanes of at least 4 members (excludes halogenated alkanes) is 36. The molecule has 6 nitrogen and oxygen atoms in total. The topological polar surface area (TPSA) is 78.9 Å². The van der Waals surface area contributed by atoms with Crippen molar-refractivity contribution < 1.29 is 28.6 Å². The van der Waals surface area contributed by atoms with Gasteiger partial charge in [-0.15, -0.1) is 0 Å². The van der Waals surface area contributed by atoms with Crippen molar-refractivity contribution in [3.05, 3.63) is 97.2 Å². The third-order valence-electron chi connectivity index (χ3n) is 15.1. The van der Waals surface area contributed by atoms with Crippen molar-refractivity contribution in [2.75, 3.05) is 13.2 Å². The molecule has 0 aliphatic heterocycles. The lowest BCUT2D eigenvalue weighted by Crippen LogP contribution is -2.30. The Balaban J connectivity index is 4.27. The lowest BCUT2D eigenvalue weighted by molar-refractivity contribution is -0.167. The van der Waals surface area contributed by atoms with Crippen molar-refractivity contribution in [3.8, 4) is 0 Å². The molecule has 0 aliphatic rings. The molecule has 1 unspecified atom stereocenters. The number of carbonyl (C=O) groups is 3. The van der Waals surface area contributed by atoms with E-state index in [4.69, 9.17) is 14.2 Å². The van der Waals surface area contributed by atoms with E-state index in [-0.39, 0.29) is 31.1 Å². The van der Waals surface area contributed by atoms with Crippen LogP contribution < -0.4 is 0 Å². The molecule has 81 heavy (non-hydrogen) atoms. The van der Waals surface area contributed by atoms with Crippen LogP contribution in [0.25, 0.3) is 0 Å². The second kappa shape index (κ2) is 68.8. The molecule has 0 rings (SSSR count). The van der Waals surface area contributed by atoms with Gasteiger partial charge in [0, 0.05) is 19.3 Å². The Bertz CT molecular complexity index is 1580. The molecule has 0 saturated heterocycles. The highest BCUT2D eigenvalue weighted by Crippen LogP contribution is 2.17. The van der Waals surface area contributed by atoms with E-state index < -0.39 is 6.10 Å². The molecule has 0 aromatic rings. The van der Waals surface area contributed by atoms with Crippen molar-refractivity contribution in [1.82, 2.24) is 0 Å². The minimum atomic E-state index is -0.782. The Kier molecular flexibility index (Phi) is 65.7. The van der Waals surface area contributed by atoms with Gasteiger partial charge in [-0.1, -0.05) is 317 Å². The minimum absolute atomic E-state index is 0.0778. The van der Waals surface area contributed by atoms with Crippen molar-refractivity contribution in [2.45, 2.75) is 348 Å². The first-order valence-electron chi connectivity index (χ1n) is 34.7. The van der Waals surface area contributed by atoms with Crippen molar-refractivity contribution in [3.63, 3.8) is 0 Å². The predicted octanol–water partition coefficient (Wildman–Crippen LogP) is 24.0. The van der Waals surface area contributed by atoms with Crippen LogP contribution in [0.5, 0.6) is 0 Å². The molecular formula is C75H130O6. The summed E-state index contributed by atoms with van der Waals surface area (Å²) in [5.41, 5.74) is 0. The van der Waals surface area contributed by atoms with Gasteiger partial charge in [0.1, 0.15) is 13.2 Å². The molecule has 0 fully saturated rings. The maximum Gasteiger partial charge on any atom is 0.306 e. The fourth-order valence-electron chi connectivity index (χ4n) is 9.89. The van der Waals surface area contributed by atoms with Crippen LogP contribution in [0, 0.1) is 0 Å². The molecule has 1 atom stereocenters. The first-order valence-corrected chi connectivity index (χ1v) is 34.7. The zero-order chi connectivity index (χ0) is 58.5. The van der Waals surface area contributed by atoms with Gasteiger partial charge < -0.3 is 14.2 Å². The van der Waals surface area contributed by atoms with E-state index in [1.54, 1.807) is 0 Å². The Morgan fingerprint density at radius 2 is 0.481 bits per heavy atom. The predicted molar refractivity (Wildman–Crippen MR) is 353 cm³/mol. The van der Waals surface area contributed by atoms with Gasteiger partial charge in [-0.3, -0.25) is 14.4 Å². The first kappa shape index (κ1) is 77.3. The van der Waals surface area contributed by atoms with Gasteiger partial charge in [-0.2, -0.15) is 0 Å². The Morgan fingerprint density at radius 3 is 0.765 bits per heavy atom. The summed E-state index contributed by atoms with van der Waals surface area (Å²) in [7, 11) is 0. The normalized spacial score (nSPS) is 12.7. The SMILES string of the molecule is CC/C=C\C/C=C\C/C=C\C/C=C\C/C=C\C/C=C\C/C=C\CCCCCCCCCC(=O)OCC(COC(=O)CCCCCCCCCCCCC)OC(=O)CCCCCCCCCCCCC/C=C\CCCCCCCCCC. The Hall–Kier alpha value is -3.67. The number of ether oxygens (including phenoxy) is 3. The molecule has 0 radical (unpaired) electrons. The molecule has 0 bridgehead atoms. The monoisotopic (exact) mass is 1130 g/mol. The zero-order valence-corrected chi connectivity index (χ0v) is 53.5. The van der Waals surface area contributed by atoms with Crippen molar-refractivity contribution in [2.24, 2.45) is 0 Å². The van der Waals surface area contributed by atoms with Crippen LogP contribution in [0.15, 0.2) is 97.2 Å². The van der Waals surface area contributed by atoms with Gasteiger partial charge in [-0.05, 0) is 103 Å². The molecule has 0 N–H and O–H groups in total. The number of carbonyl (C=O) groups excluding carboxylic acids is 3. The summed E-state index contributed by atoms with van der Waals surface area (Å²) in [5.74, 6) is -0.876. The quantitative estimate of drug-likeness (QED) is 0.0261. The Morgan fingerprint density at radius 1 is 0.259 bits per heavy atom. The number of hydrogen-bond acceptors (Lipinski definition) is 6. The number of hydrogen-bond donors (Lipinski definition) is 0. The maximum atomic E-state index is 12.9. The molecule has 0 aliphatic carbocycles. The summed E-state index contributed by atoms with van der Waals surface area (Å²) in [5, 5.41) is 0. The molecule has 0 aromatic carbocycles. The van der Waals surface area contributed by atoms with Gasteiger partial charge in [0.2, 0.25) is 0 Å². The van der Waals surface area contributed by atoms with Gasteiger partial charge in [0.05, 0.1) is 0 Å². The average Bonchev–Trinajstić information content (AvgIpc) is 3.47. The smallest absolute Gasteiger partial charge is 0.306 e. The molecule has 466 valence electrons. The van der Waals surface area contributed by atoms with Crippen LogP contribution >= 0.6 is 0 Å². The van der Waals surface area contributed by atoms with E-state index in [1.807, 2.05) is 0 Å². The Labute approximate surface area is 502 Å². The minimum Gasteiger partial charge on any atom is -0.462 e. The van der Waals surface area contributed by atoms with Crippen LogP contribution in [0.1, 0.15) is 342 Å². The van der Waals surface area contributed by atoms with Crippen molar-refractivity contribution >= 4 is 17.9 Å². The van der Waals surface area contributed by atoms with Gasteiger partial charge in [0.25, 0.3) is 0 Å². The van der Waals surface area contributed by atoms with E-state index in [2.05, 4.69) is 118 Å². The standard InChI is InChI=1S/C75H130O6/c1-4-7-10-13-16-19-22-24-26-28-30-32-34-35-36-37-38-39-41-42-44-46-48-50-53-56-59-62-65-68-74(77)80-71-72(70-79-73(76)67-64-61-58-55-52-21-18-15-12-9-6-3)81-75(78)69-66-63-60-57-54-51-49-47-45-43-40-33-31-29-27-25-23-20-17-14-11-8-5-2/h7,10,16,19,24,26,29-32,35-36,38-39,42,44,72H,4-6,8-9,11-15,17-18,20-23,25,27-28,33-34,37,40-41,43,45-71H2,1-3H3/b10-7-,19-16-,26-24-,31-29-,32-30-,36-35-,39-38-,44-42-. The van der Waals surface area contributed by atoms with Gasteiger partial charge in [-0.25, -0.2) is 0 Å². The van der Waals surface area contributed by atoms with Crippen LogP contribution in [0.4, 0.5) is 0 Å². The van der Waals surface area contributed by atoms with E-state index >= 15 is 0 Å². The van der Waals surface area contributed by atoms with E-state index in [0.29, 0.717) is 19.3 Å². The van der Waals surface area contributed by atoms with E-state index in [9.17, 15) is 14.4 Å². The second-order valence-corrected chi connectivity index (χ2v) is 23.1. The molecular weight excluding hydrogens is 997 g/mol. The number of rotatable bonds is 63. The third kappa shape index (κ3) is 67.0. The van der Waals surface area contributed by atoms with Crippen LogP contribution in [-0.2, 0) is 28.6 Å². The lowest BCUT2D eigenvalue weighted by Gasteiger charge is -2.18. The number of allylic oxidation sites excluding steroid dienone is 16. The summed E-state index contributed by atoms with van der Waals surface area (Å²) < 4.78 is 16.9. The molecule has 0 amide bonds. The fraction of sp³-hybridized carbons (Fsp3) is 0.747. The third-order valence-corrected chi connectivity index (χ3v) is 15.1. The highest BCUT2D eigenvalue weighted by molar-refractivity contribution is 5.71. The molecule has 0 aromatic heterocycles. The maximum absolute atomic E-state index is 12.9. The van der Waals surface area contributed by atoms with Crippen LogP contribution in [0.2, 0.25) is 0 Å². The molecule has 0 spiro atoms. The summed E-state index contributed by atoms with van der Waals surface area (Å²) in [4.78, 5) is 38.4. The zero-order valence-electron chi connectivity index (χ0n) is 53.5. The average molecular weight is 1130 g/mol. The van der Waals surface area contributed by atoms with E-state index in [0.717, 1.165) is 109 Å². The summed E-state index contributed by atoms with van der Waals surface area (Å²) in [6, 6.07) is 0. The summed E-state index contributed by atoms with van der Waals surface area (Å²) >= 11 is 0. The van der Waals surface area contributed by atoms with Crippen LogP contribution in [0.3, 0.4) is 0 Å². The number of esters is 3. The lowest BCUT2D eigenvalue weighted by atomic mass is 10.0. The van der Waals surface area contributed by atoms with Gasteiger partial charge in [0.15, 0.2) is 6.10 Å². The fourth-order valence-corrected chi connectivity index (χ4v) is 9.89. The van der Waals surface area contributed by atoms with E-state index in [1.165, 1.54) is 193 Å². The second-order valence-electron chi connectivity index (χ2n) is 23.1. The van der Waals surface area contributed by atoms with Gasteiger partial charge >= 0.3 is 17.9 Å². The summed E-state index contributed by atoms with van der Waals surface area (Å²) in [6.45, 7) is 6.55. The largest absolute Gasteiger partial charge is 0.462 e. The highest BCUT2D eigenvalue weighted by Gasteiger charge is 2.19. The van der Waals surface area contributed by atoms with Crippen molar-refractivity contribution in [1.29, 1.82) is 0 Å². The molecule has 0 heterocycles. The van der Waals surface area contributed by atoms with Crippen LogP contribution in [-0.4, -0.2) is 37.2 Å².